The van der Waals surface area contributed by atoms with Crippen LogP contribution in [0, 0.1) is 0 Å². The summed E-state index contributed by atoms with van der Waals surface area (Å²) in [4.78, 5) is 17.6. The fraction of sp³-hybridized carbons (Fsp3) is 0.0588. The summed E-state index contributed by atoms with van der Waals surface area (Å²) in [6.07, 6.45) is -2.03. The maximum Gasteiger partial charge on any atom is 0.433 e. The Morgan fingerprint density at radius 3 is 2.50 bits per heavy atom. The highest BCUT2D eigenvalue weighted by molar-refractivity contribution is 7.80. The number of nitrogens with one attached hydrogen (secondary N) is 2. The van der Waals surface area contributed by atoms with Crippen LogP contribution in [0.5, 0.6) is 0 Å². The molecule has 4 rings (SSSR count). The first-order chi connectivity index (χ1) is 13.4. The van der Waals surface area contributed by atoms with Crippen molar-refractivity contribution in [3.8, 4) is 0 Å². The van der Waals surface area contributed by atoms with Crippen LogP contribution in [0.3, 0.4) is 0 Å². The number of alkyl halides is 3. The fourth-order valence-electron chi connectivity index (χ4n) is 2.37. The van der Waals surface area contributed by atoms with Crippen molar-refractivity contribution < 1.29 is 13.2 Å². The first kappa shape index (κ1) is 18.4. The Morgan fingerprint density at radius 2 is 1.79 bits per heavy atom. The van der Waals surface area contributed by atoms with Gasteiger partial charge in [0.05, 0.1) is 17.6 Å². The van der Waals surface area contributed by atoms with E-state index in [-0.39, 0.29) is 0 Å². The number of thiazole rings is 1. The van der Waals surface area contributed by atoms with E-state index in [1.807, 2.05) is 24.3 Å². The van der Waals surface area contributed by atoms with Crippen molar-refractivity contribution in [2.24, 2.45) is 0 Å². The first-order valence-electron chi connectivity index (χ1n) is 7.87. The van der Waals surface area contributed by atoms with Crippen LogP contribution in [0.2, 0.25) is 0 Å². The second kappa shape index (κ2) is 7.24. The van der Waals surface area contributed by atoms with Gasteiger partial charge >= 0.3 is 6.18 Å². The Kier molecular flexibility index (Phi) is 4.77. The first-order valence-corrected chi connectivity index (χ1v) is 9.13. The second-order valence-electron chi connectivity index (χ2n) is 5.59. The molecule has 0 radical (unpaired) electrons. The Balaban J connectivity index is 1.61. The number of hydrogen-bond acceptors (Lipinski definition) is 8. The molecule has 0 spiro atoms. The topological polar surface area (TPSA) is 75.6 Å². The molecule has 2 N–H and O–H groups in total. The van der Waals surface area contributed by atoms with Crippen LogP contribution in [0.1, 0.15) is 5.69 Å². The second-order valence-corrected chi connectivity index (χ2v) is 7.05. The fourth-order valence-corrected chi connectivity index (χ4v) is 3.40. The van der Waals surface area contributed by atoms with Gasteiger partial charge < -0.3 is 10.6 Å². The van der Waals surface area contributed by atoms with Crippen molar-refractivity contribution in [2.45, 2.75) is 11.1 Å². The van der Waals surface area contributed by atoms with Crippen molar-refractivity contribution in [1.29, 1.82) is 0 Å². The van der Waals surface area contributed by atoms with Crippen molar-refractivity contribution in [3.63, 3.8) is 0 Å². The van der Waals surface area contributed by atoms with Crippen LogP contribution in [0.4, 0.5) is 35.5 Å². The van der Waals surface area contributed by atoms with Crippen LogP contribution in [-0.4, -0.2) is 19.9 Å². The molecule has 0 fully saturated rings. The lowest BCUT2D eigenvalue weighted by Crippen LogP contribution is -2.07. The van der Waals surface area contributed by atoms with Crippen molar-refractivity contribution in [2.75, 3.05) is 10.6 Å². The largest absolute Gasteiger partial charge is 0.433 e. The van der Waals surface area contributed by atoms with E-state index in [9.17, 15) is 13.2 Å². The number of anilines is 4. The van der Waals surface area contributed by atoms with Gasteiger partial charge in [0, 0.05) is 4.90 Å². The Morgan fingerprint density at radius 1 is 0.964 bits per heavy atom. The van der Waals surface area contributed by atoms with E-state index in [0.717, 1.165) is 22.8 Å². The van der Waals surface area contributed by atoms with E-state index < -0.39 is 11.9 Å². The summed E-state index contributed by atoms with van der Waals surface area (Å²) in [6.45, 7) is 0. The minimum absolute atomic E-state index is 0.358. The number of halogens is 3. The number of benzene rings is 1. The van der Waals surface area contributed by atoms with Gasteiger partial charge in [-0.05, 0) is 24.3 Å². The zero-order valence-electron chi connectivity index (χ0n) is 13.9. The molecule has 0 aliphatic rings. The van der Waals surface area contributed by atoms with Gasteiger partial charge in [-0.25, -0.2) is 19.9 Å². The molecule has 28 heavy (non-hydrogen) atoms. The van der Waals surface area contributed by atoms with E-state index in [4.69, 9.17) is 0 Å². The zero-order valence-corrected chi connectivity index (χ0v) is 15.6. The minimum atomic E-state index is -4.49. The van der Waals surface area contributed by atoms with E-state index in [0.29, 0.717) is 27.0 Å². The number of thiol groups is 1. The Labute approximate surface area is 166 Å². The standard InChI is InChI=1S/C17H11F3N6S2/c18-17(19,20)12-6-5-9(7-21-12)24-14-13-15(23-8-22-14)28-16(26-13)25-10-3-1-2-4-11(10)27/h1-8,27H,(H,25,26)(H,22,23,24). The Bertz CT molecular complexity index is 1130. The number of aromatic nitrogens is 4. The van der Waals surface area contributed by atoms with Crippen LogP contribution in [-0.2, 0) is 6.18 Å². The van der Waals surface area contributed by atoms with Crippen LogP contribution in [0.25, 0.3) is 10.3 Å². The molecule has 3 heterocycles. The van der Waals surface area contributed by atoms with Crippen LogP contribution < -0.4 is 10.6 Å². The number of nitrogens with zero attached hydrogens (tertiary/aromatic N) is 4. The molecule has 0 saturated heterocycles. The monoisotopic (exact) mass is 420 g/mol. The van der Waals surface area contributed by atoms with Crippen LogP contribution >= 0.6 is 24.0 Å². The SMILES string of the molecule is FC(F)(F)c1ccc(Nc2ncnc3sc(Nc4ccccc4S)nc23)cn1. The van der Waals surface area contributed by atoms with E-state index in [2.05, 4.69) is 43.2 Å². The third kappa shape index (κ3) is 3.85. The van der Waals surface area contributed by atoms with Gasteiger partial charge in [0.2, 0.25) is 0 Å². The molecule has 3 aromatic heterocycles. The van der Waals surface area contributed by atoms with Crippen LogP contribution in [0.15, 0.2) is 53.8 Å². The molecule has 11 heteroatoms. The lowest BCUT2D eigenvalue weighted by molar-refractivity contribution is -0.141. The number of hydrogen-bond donors (Lipinski definition) is 3. The molecule has 0 saturated carbocycles. The average molecular weight is 420 g/mol. The van der Waals surface area contributed by atoms with E-state index >= 15 is 0 Å². The molecular weight excluding hydrogens is 409 g/mol. The van der Waals surface area contributed by atoms with Gasteiger partial charge in [-0.2, -0.15) is 13.2 Å². The quantitative estimate of drug-likeness (QED) is 0.390. The molecule has 0 unspecified atom stereocenters. The molecule has 6 nitrogen and oxygen atoms in total. The van der Waals surface area contributed by atoms with Gasteiger partial charge in [-0.15, -0.1) is 12.6 Å². The molecule has 0 bridgehead atoms. The lowest BCUT2D eigenvalue weighted by Gasteiger charge is -2.08. The summed E-state index contributed by atoms with van der Waals surface area (Å²) in [5.41, 5.74) is 0.679. The maximum absolute atomic E-state index is 12.6. The third-order valence-corrected chi connectivity index (χ3v) is 4.93. The maximum atomic E-state index is 12.6. The summed E-state index contributed by atoms with van der Waals surface area (Å²) in [5, 5.41) is 6.70. The highest BCUT2D eigenvalue weighted by atomic mass is 32.1. The molecule has 4 aromatic rings. The minimum Gasteiger partial charge on any atom is -0.337 e. The average Bonchev–Trinajstić information content (AvgIpc) is 3.07. The van der Waals surface area contributed by atoms with Gasteiger partial charge in [-0.1, -0.05) is 23.5 Å². The smallest absolute Gasteiger partial charge is 0.337 e. The molecule has 0 aliphatic heterocycles. The van der Waals surface area contributed by atoms with Crippen molar-refractivity contribution in [3.05, 3.63) is 54.6 Å². The predicted molar refractivity (Wildman–Crippen MR) is 105 cm³/mol. The Hall–Kier alpha value is -2.92. The van der Waals surface area contributed by atoms with Gasteiger partial charge in [0.1, 0.15) is 17.5 Å². The number of para-hydroxylation sites is 1. The van der Waals surface area contributed by atoms with Gasteiger partial charge in [-0.3, -0.25) is 0 Å². The summed E-state index contributed by atoms with van der Waals surface area (Å²) in [6, 6.07) is 9.65. The summed E-state index contributed by atoms with van der Waals surface area (Å²) >= 11 is 5.71. The molecule has 0 atom stereocenters. The number of rotatable bonds is 4. The van der Waals surface area contributed by atoms with Gasteiger partial charge in [0.25, 0.3) is 0 Å². The lowest BCUT2D eigenvalue weighted by atomic mass is 10.3. The zero-order chi connectivity index (χ0) is 19.7. The number of fused-ring (bicyclic) bond motifs is 1. The normalized spacial score (nSPS) is 11.6. The van der Waals surface area contributed by atoms with Crippen molar-refractivity contribution in [1.82, 2.24) is 19.9 Å². The summed E-state index contributed by atoms with van der Waals surface area (Å²) in [5.74, 6) is 0.370. The molecular formula is C17H11F3N6S2. The highest BCUT2D eigenvalue weighted by Gasteiger charge is 2.32. The molecule has 0 aliphatic carbocycles. The van der Waals surface area contributed by atoms with Crippen molar-refractivity contribution >= 4 is 56.6 Å². The number of pyridine rings is 1. The molecule has 1 aromatic carbocycles. The summed E-state index contributed by atoms with van der Waals surface area (Å²) in [7, 11) is 0. The predicted octanol–water partition coefficient (Wildman–Crippen LogP) is 5.28. The molecule has 142 valence electrons. The van der Waals surface area contributed by atoms with E-state index in [1.165, 1.54) is 23.7 Å². The highest BCUT2D eigenvalue weighted by Crippen LogP contribution is 2.33. The van der Waals surface area contributed by atoms with E-state index in [1.54, 1.807) is 0 Å². The summed E-state index contributed by atoms with van der Waals surface area (Å²) < 4.78 is 37.9. The molecule has 0 amide bonds. The van der Waals surface area contributed by atoms with Gasteiger partial charge in [0.15, 0.2) is 15.8 Å². The third-order valence-electron chi connectivity index (χ3n) is 3.66.